The van der Waals surface area contributed by atoms with E-state index in [1.165, 1.54) is 20.9 Å². The first-order valence-corrected chi connectivity index (χ1v) is 9.80. The van der Waals surface area contributed by atoms with E-state index in [1.807, 2.05) is 0 Å². The predicted molar refractivity (Wildman–Crippen MR) is 103 cm³/mol. The average Bonchev–Trinajstić information content (AvgIpc) is 2.67. The molecule has 1 aliphatic heterocycles. The van der Waals surface area contributed by atoms with Gasteiger partial charge in [-0.15, -0.1) is 0 Å². The lowest BCUT2D eigenvalue weighted by Gasteiger charge is -2.23. The number of benzene rings is 2. The molecule has 0 spiro atoms. The molecule has 0 aliphatic carbocycles. The molecule has 2 aromatic carbocycles. The molecule has 1 saturated heterocycles. The molecule has 1 fully saturated rings. The molecule has 2 N–H and O–H groups in total. The highest BCUT2D eigenvalue weighted by Crippen LogP contribution is 1.96. The molecule has 2 aromatic rings. The van der Waals surface area contributed by atoms with Crippen LogP contribution in [0.3, 0.4) is 0 Å². The molecule has 0 radical (unpaired) electrons. The van der Waals surface area contributed by atoms with Crippen molar-refractivity contribution in [3.8, 4) is 0 Å². The third-order valence-electron chi connectivity index (χ3n) is 4.99. The maximum Gasteiger partial charge on any atom is 0.103 e. The molecule has 1 heterocycles. The Morgan fingerprint density at radius 3 is 1.23 bits per heavy atom. The van der Waals surface area contributed by atoms with Gasteiger partial charge in [-0.05, 0) is 0 Å². The molecule has 0 saturated carbocycles. The zero-order chi connectivity index (χ0) is 17.9. The van der Waals surface area contributed by atoms with E-state index in [9.17, 15) is 0 Å². The fraction of sp³-hybridized carbons (Fsp3) is 0.455. The van der Waals surface area contributed by atoms with E-state index in [0.29, 0.717) is 0 Å². The second-order valence-electron chi connectivity index (χ2n) is 7.05. The standard InChI is InChI=1S/C22H30N2O2/c1-3-7-21(8-4-1)19-23-11-15-25-17-13-24(14-18-26-16-12-23)20-22-9-5-2-6-10-22/h1-10H,11-20H2/p+2. The van der Waals surface area contributed by atoms with Crippen LogP contribution in [0.4, 0.5) is 0 Å². The van der Waals surface area contributed by atoms with Crippen LogP contribution in [-0.4, -0.2) is 52.6 Å². The lowest BCUT2D eigenvalue weighted by molar-refractivity contribution is -0.921. The lowest BCUT2D eigenvalue weighted by Crippen LogP contribution is -3.12. The van der Waals surface area contributed by atoms with Gasteiger partial charge < -0.3 is 19.3 Å². The van der Waals surface area contributed by atoms with Crippen LogP contribution in [0.5, 0.6) is 0 Å². The summed E-state index contributed by atoms with van der Waals surface area (Å²) in [6.07, 6.45) is 0. The van der Waals surface area contributed by atoms with E-state index < -0.39 is 0 Å². The summed E-state index contributed by atoms with van der Waals surface area (Å²) in [7, 11) is 0. The normalized spacial score (nSPS) is 22.9. The minimum Gasteiger partial charge on any atom is -0.370 e. The van der Waals surface area contributed by atoms with E-state index in [4.69, 9.17) is 9.47 Å². The van der Waals surface area contributed by atoms with Gasteiger partial charge in [-0.3, -0.25) is 0 Å². The summed E-state index contributed by atoms with van der Waals surface area (Å²) < 4.78 is 11.9. The summed E-state index contributed by atoms with van der Waals surface area (Å²) in [6, 6.07) is 21.4. The van der Waals surface area contributed by atoms with Gasteiger partial charge in [-0.25, -0.2) is 0 Å². The molecule has 0 bridgehead atoms. The van der Waals surface area contributed by atoms with Gasteiger partial charge in [0, 0.05) is 11.1 Å². The SMILES string of the molecule is c1ccc(C[NH+]2CCOCC[NH+](Cc3ccccc3)CCOCC2)cc1. The fourth-order valence-electron chi connectivity index (χ4n) is 3.44. The smallest absolute Gasteiger partial charge is 0.103 e. The lowest BCUT2D eigenvalue weighted by atomic mass is 10.2. The Kier molecular flexibility index (Phi) is 8.13. The van der Waals surface area contributed by atoms with Gasteiger partial charge in [0.15, 0.2) is 0 Å². The van der Waals surface area contributed by atoms with Gasteiger partial charge in [0.05, 0.1) is 26.4 Å². The van der Waals surface area contributed by atoms with Crippen molar-refractivity contribution in [3.63, 3.8) is 0 Å². The first-order valence-electron chi connectivity index (χ1n) is 9.80. The van der Waals surface area contributed by atoms with Gasteiger partial charge >= 0.3 is 0 Å². The zero-order valence-electron chi connectivity index (χ0n) is 15.7. The summed E-state index contributed by atoms with van der Waals surface area (Å²) in [5, 5.41) is 0. The zero-order valence-corrected chi connectivity index (χ0v) is 15.7. The Labute approximate surface area is 157 Å². The highest BCUT2D eigenvalue weighted by molar-refractivity contribution is 5.13. The fourth-order valence-corrected chi connectivity index (χ4v) is 3.44. The van der Waals surface area contributed by atoms with Crippen molar-refractivity contribution in [3.05, 3.63) is 71.8 Å². The van der Waals surface area contributed by atoms with Gasteiger partial charge in [0.1, 0.15) is 39.3 Å². The molecular formula is C22H32N2O2+2. The van der Waals surface area contributed by atoms with Gasteiger partial charge in [-0.2, -0.15) is 0 Å². The first kappa shape index (κ1) is 19.1. The van der Waals surface area contributed by atoms with Crippen molar-refractivity contribution in [2.24, 2.45) is 0 Å². The van der Waals surface area contributed by atoms with E-state index in [1.54, 1.807) is 0 Å². The minimum absolute atomic E-state index is 0.820. The second-order valence-corrected chi connectivity index (χ2v) is 7.05. The molecule has 4 nitrogen and oxygen atoms in total. The maximum absolute atomic E-state index is 5.96. The number of rotatable bonds is 4. The van der Waals surface area contributed by atoms with Crippen molar-refractivity contribution in [2.75, 3.05) is 52.6 Å². The first-order chi connectivity index (χ1) is 12.9. The molecule has 0 amide bonds. The predicted octanol–water partition coefficient (Wildman–Crippen LogP) is 0.203. The highest BCUT2D eigenvalue weighted by atomic mass is 16.5. The number of hydrogen-bond donors (Lipinski definition) is 2. The van der Waals surface area contributed by atoms with Crippen LogP contribution < -0.4 is 9.80 Å². The van der Waals surface area contributed by atoms with Crippen molar-refractivity contribution in [1.29, 1.82) is 0 Å². The monoisotopic (exact) mass is 356 g/mol. The summed E-state index contributed by atoms with van der Waals surface area (Å²) >= 11 is 0. The quantitative estimate of drug-likeness (QED) is 0.819. The van der Waals surface area contributed by atoms with Crippen LogP contribution in [0.15, 0.2) is 60.7 Å². The van der Waals surface area contributed by atoms with Gasteiger partial charge in [-0.1, -0.05) is 60.7 Å². The second kappa shape index (κ2) is 11.1. The van der Waals surface area contributed by atoms with Crippen molar-refractivity contribution < 1.29 is 19.3 Å². The Bertz CT molecular complexity index is 539. The van der Waals surface area contributed by atoms with E-state index in [2.05, 4.69) is 60.7 Å². The third-order valence-corrected chi connectivity index (χ3v) is 4.99. The summed E-state index contributed by atoms with van der Waals surface area (Å²) in [4.78, 5) is 3.07. The average molecular weight is 357 g/mol. The summed E-state index contributed by atoms with van der Waals surface area (Å²) in [5.74, 6) is 0. The molecule has 26 heavy (non-hydrogen) atoms. The topological polar surface area (TPSA) is 27.3 Å². The van der Waals surface area contributed by atoms with Gasteiger partial charge in [0.2, 0.25) is 0 Å². The summed E-state index contributed by atoms with van der Waals surface area (Å²) in [6.45, 7) is 9.50. The molecule has 1 aliphatic rings. The van der Waals surface area contributed by atoms with E-state index >= 15 is 0 Å². The van der Waals surface area contributed by atoms with Crippen LogP contribution >= 0.6 is 0 Å². The van der Waals surface area contributed by atoms with Crippen LogP contribution in [0.2, 0.25) is 0 Å². The Morgan fingerprint density at radius 1 is 0.538 bits per heavy atom. The highest BCUT2D eigenvalue weighted by Gasteiger charge is 2.14. The van der Waals surface area contributed by atoms with Crippen LogP contribution in [0.25, 0.3) is 0 Å². The van der Waals surface area contributed by atoms with Crippen LogP contribution in [0.1, 0.15) is 11.1 Å². The number of nitrogens with one attached hydrogen (secondary N) is 2. The van der Waals surface area contributed by atoms with E-state index in [-0.39, 0.29) is 0 Å². The number of quaternary nitrogens is 2. The number of ether oxygens (including phenoxy) is 2. The molecule has 0 aromatic heterocycles. The molecular weight excluding hydrogens is 324 g/mol. The summed E-state index contributed by atoms with van der Waals surface area (Å²) in [5.41, 5.74) is 2.76. The van der Waals surface area contributed by atoms with Gasteiger partial charge in [0.25, 0.3) is 0 Å². The van der Waals surface area contributed by atoms with Crippen LogP contribution in [0, 0.1) is 0 Å². The third kappa shape index (κ3) is 6.89. The molecule has 3 rings (SSSR count). The Morgan fingerprint density at radius 2 is 0.885 bits per heavy atom. The minimum atomic E-state index is 0.820. The van der Waals surface area contributed by atoms with Crippen LogP contribution in [-0.2, 0) is 22.6 Å². The van der Waals surface area contributed by atoms with E-state index in [0.717, 1.165) is 65.7 Å². The Balaban J connectivity index is 1.46. The maximum atomic E-state index is 5.96. The van der Waals surface area contributed by atoms with Crippen molar-refractivity contribution >= 4 is 0 Å². The molecule has 140 valence electrons. The molecule has 4 heteroatoms. The number of hydrogen-bond acceptors (Lipinski definition) is 2. The molecule has 0 atom stereocenters. The van der Waals surface area contributed by atoms with Crippen molar-refractivity contribution in [1.82, 2.24) is 0 Å². The largest absolute Gasteiger partial charge is 0.370 e. The molecule has 0 unspecified atom stereocenters. The van der Waals surface area contributed by atoms with Crippen molar-refractivity contribution in [2.45, 2.75) is 13.1 Å². The Hall–Kier alpha value is -1.72.